The first-order chi connectivity index (χ1) is 17.0. The number of rotatable bonds is 10. The molecule has 0 heterocycles. The minimum Gasteiger partial charge on any atom is -0.465 e. The van der Waals surface area contributed by atoms with Crippen LogP contribution in [0.1, 0.15) is 56.0 Å². The van der Waals surface area contributed by atoms with Crippen molar-refractivity contribution in [1.29, 1.82) is 0 Å². The molecule has 2 atom stereocenters. The van der Waals surface area contributed by atoms with Crippen molar-refractivity contribution in [2.45, 2.75) is 54.0 Å². The van der Waals surface area contributed by atoms with E-state index in [-0.39, 0.29) is 29.3 Å². The van der Waals surface area contributed by atoms with Gasteiger partial charge in [-0.15, -0.1) is 0 Å². The van der Waals surface area contributed by atoms with Gasteiger partial charge in [-0.1, -0.05) is 24.3 Å². The van der Waals surface area contributed by atoms with Crippen LogP contribution in [0.5, 0.6) is 0 Å². The number of nitrogens with zero attached hydrogens (tertiary/aromatic N) is 1. The maximum atomic E-state index is 14.7. The number of hydrogen-bond acceptors (Lipinski definition) is 5. The molecule has 2 aromatic carbocycles. The summed E-state index contributed by atoms with van der Waals surface area (Å²) in [4.78, 5) is 14.3. The maximum Gasteiger partial charge on any atom is 0.311 e. The van der Waals surface area contributed by atoms with Gasteiger partial charge in [-0.2, -0.15) is 0 Å². The van der Waals surface area contributed by atoms with Crippen LogP contribution in [0.4, 0.5) is 10.1 Å². The molecule has 3 N–H and O–H groups in total. The summed E-state index contributed by atoms with van der Waals surface area (Å²) in [6.07, 6.45) is 1.58. The van der Waals surface area contributed by atoms with E-state index >= 15 is 0 Å². The van der Waals surface area contributed by atoms with Crippen LogP contribution >= 0.6 is 12.2 Å². The van der Waals surface area contributed by atoms with Crippen molar-refractivity contribution < 1.29 is 22.3 Å². The molecule has 10 heteroatoms. The number of ether oxygens (including phenoxy) is 1. The van der Waals surface area contributed by atoms with Crippen LogP contribution in [0, 0.1) is 31.0 Å². The van der Waals surface area contributed by atoms with Gasteiger partial charge in [-0.25, -0.2) is 12.8 Å². The predicted molar refractivity (Wildman–Crippen MR) is 150 cm³/mol. The van der Waals surface area contributed by atoms with E-state index in [1.165, 1.54) is 23.3 Å². The van der Waals surface area contributed by atoms with Gasteiger partial charge < -0.3 is 15.4 Å². The molecule has 0 spiro atoms. The summed E-state index contributed by atoms with van der Waals surface area (Å²) in [6, 6.07) is 10.1. The predicted octanol–water partition coefficient (Wildman–Crippen LogP) is 4.87. The zero-order valence-corrected chi connectivity index (χ0v) is 24.2. The first kappa shape index (κ1) is 30.5. The number of thiocarbonyl (C=S) groups is 1. The molecule has 2 unspecified atom stereocenters. The highest BCUT2D eigenvalue weighted by Crippen LogP contribution is 2.27. The van der Waals surface area contributed by atoms with Gasteiger partial charge in [-0.05, 0) is 94.6 Å². The highest BCUT2D eigenvalue weighted by molar-refractivity contribution is 7.92. The van der Waals surface area contributed by atoms with Gasteiger partial charge in [0.2, 0.25) is 10.0 Å². The Morgan fingerprint density at radius 3 is 2.32 bits per heavy atom. The molecule has 2 aromatic rings. The van der Waals surface area contributed by atoms with Gasteiger partial charge in [-0.3, -0.25) is 9.52 Å². The zero-order valence-electron chi connectivity index (χ0n) is 22.6. The lowest BCUT2D eigenvalue weighted by Gasteiger charge is -2.34. The molecular formula is C27H38FN3O4S2. The van der Waals surface area contributed by atoms with Crippen LogP contribution in [0.2, 0.25) is 0 Å². The van der Waals surface area contributed by atoms with Crippen LogP contribution in [0.25, 0.3) is 0 Å². The SMILES string of the molecule is Cc1ccc(CC(COC(=O)C(C)(C)C)CN(C(N)=S)C(C)c2ccc(NS(C)(=O)=O)c(F)c2)cc1C. The first-order valence-corrected chi connectivity index (χ1v) is 14.3. The van der Waals surface area contributed by atoms with Crippen molar-refractivity contribution >= 4 is 39.0 Å². The van der Waals surface area contributed by atoms with E-state index in [2.05, 4.69) is 22.9 Å². The molecule has 0 amide bonds. The number of anilines is 1. The summed E-state index contributed by atoms with van der Waals surface area (Å²) in [7, 11) is -3.62. The Kier molecular flexibility index (Phi) is 10.1. The lowest BCUT2D eigenvalue weighted by atomic mass is 9.95. The van der Waals surface area contributed by atoms with Crippen LogP contribution in [0.3, 0.4) is 0 Å². The Morgan fingerprint density at radius 1 is 1.16 bits per heavy atom. The van der Waals surface area contributed by atoms with Gasteiger partial charge in [0.15, 0.2) is 5.11 Å². The number of carbonyl (C=O) groups excluding carboxylic acids is 1. The van der Waals surface area contributed by atoms with E-state index in [1.807, 2.05) is 20.8 Å². The van der Waals surface area contributed by atoms with Gasteiger partial charge in [0, 0.05) is 12.5 Å². The summed E-state index contributed by atoms with van der Waals surface area (Å²) in [5, 5.41) is 0.124. The average molecular weight is 552 g/mol. The van der Waals surface area contributed by atoms with Crippen LogP contribution in [-0.2, 0) is 26.0 Å². The highest BCUT2D eigenvalue weighted by Gasteiger charge is 2.27. The van der Waals surface area contributed by atoms with Crippen molar-refractivity contribution in [3.63, 3.8) is 0 Å². The first-order valence-electron chi connectivity index (χ1n) is 12.0. The molecule has 0 saturated heterocycles. The molecule has 0 aromatic heterocycles. The Balaban J connectivity index is 2.32. The second-order valence-corrected chi connectivity index (χ2v) is 12.8. The van der Waals surface area contributed by atoms with Crippen LogP contribution in [0.15, 0.2) is 36.4 Å². The number of benzene rings is 2. The number of nitrogens with two attached hydrogens (primary N) is 1. The Labute approximate surface area is 225 Å². The van der Waals surface area contributed by atoms with Gasteiger partial charge in [0.05, 0.1) is 30.0 Å². The largest absolute Gasteiger partial charge is 0.465 e. The topological polar surface area (TPSA) is 102 Å². The van der Waals surface area contributed by atoms with E-state index in [4.69, 9.17) is 22.7 Å². The number of esters is 1. The van der Waals surface area contributed by atoms with Crippen LogP contribution in [-0.4, -0.2) is 43.8 Å². The number of carbonyl (C=O) groups is 1. The molecule has 0 aliphatic carbocycles. The molecule has 0 saturated carbocycles. The number of aryl methyl sites for hydroxylation is 2. The molecule has 0 aliphatic rings. The standard InChI is InChI=1S/C27H38FN3O4S2/c1-17-8-9-20(12-18(17)2)13-21(16-35-25(32)27(4,5)6)15-31(26(29)36)19(3)22-10-11-24(23(28)14-22)30-37(7,33)34/h8-12,14,19,21,30H,13,15-16H2,1-7H3,(H2,29,36). The summed E-state index contributed by atoms with van der Waals surface area (Å²) >= 11 is 5.35. The van der Waals surface area contributed by atoms with Crippen LogP contribution < -0.4 is 10.5 Å². The third-order valence-corrected chi connectivity index (χ3v) is 6.96. The smallest absolute Gasteiger partial charge is 0.311 e. The quantitative estimate of drug-likeness (QED) is 0.321. The van der Waals surface area contributed by atoms with E-state index in [9.17, 15) is 17.6 Å². The fourth-order valence-electron chi connectivity index (χ4n) is 3.82. The zero-order chi connectivity index (χ0) is 28.1. The van der Waals surface area contributed by atoms with Crippen molar-refractivity contribution in [3.8, 4) is 0 Å². The molecule has 2 rings (SSSR count). The minimum absolute atomic E-state index is 0.124. The molecule has 37 heavy (non-hydrogen) atoms. The number of hydrogen-bond donors (Lipinski definition) is 2. The Bertz CT molecular complexity index is 1240. The number of nitrogens with one attached hydrogen (secondary N) is 1. The van der Waals surface area contributed by atoms with E-state index in [0.29, 0.717) is 18.5 Å². The normalized spacial score (nSPS) is 13.5. The number of halogens is 1. The van der Waals surface area contributed by atoms with Gasteiger partial charge >= 0.3 is 5.97 Å². The van der Waals surface area contributed by atoms with Crippen molar-refractivity contribution in [2.24, 2.45) is 17.1 Å². The second kappa shape index (κ2) is 12.2. The van der Waals surface area contributed by atoms with E-state index in [0.717, 1.165) is 11.8 Å². The number of sulfonamides is 1. The third-order valence-electron chi connectivity index (χ3n) is 6.13. The van der Waals surface area contributed by atoms with Crippen molar-refractivity contribution in [1.82, 2.24) is 4.90 Å². The highest BCUT2D eigenvalue weighted by atomic mass is 32.2. The van der Waals surface area contributed by atoms with Gasteiger partial charge in [0.25, 0.3) is 0 Å². The maximum absolute atomic E-state index is 14.7. The molecule has 204 valence electrons. The second-order valence-electron chi connectivity index (χ2n) is 10.6. The Hall–Kier alpha value is -2.72. The van der Waals surface area contributed by atoms with E-state index in [1.54, 1.807) is 31.7 Å². The van der Waals surface area contributed by atoms with Gasteiger partial charge in [0.1, 0.15) is 5.82 Å². The molecule has 0 aliphatic heterocycles. The lowest BCUT2D eigenvalue weighted by molar-refractivity contribution is -0.154. The summed E-state index contributed by atoms with van der Waals surface area (Å²) in [5.41, 5.74) is 9.35. The molecule has 7 nitrogen and oxygen atoms in total. The summed E-state index contributed by atoms with van der Waals surface area (Å²) < 4.78 is 45.5. The van der Waals surface area contributed by atoms with Crippen molar-refractivity contribution in [2.75, 3.05) is 24.1 Å². The van der Waals surface area contributed by atoms with Crippen molar-refractivity contribution in [3.05, 3.63) is 64.5 Å². The lowest BCUT2D eigenvalue weighted by Crippen LogP contribution is -2.42. The molecular weight excluding hydrogens is 513 g/mol. The molecule has 0 radical (unpaired) electrons. The molecule has 0 bridgehead atoms. The minimum atomic E-state index is -3.62. The fourth-order valence-corrected chi connectivity index (χ4v) is 4.62. The molecule has 0 fully saturated rings. The average Bonchev–Trinajstić information content (AvgIpc) is 2.76. The Morgan fingerprint density at radius 2 is 1.81 bits per heavy atom. The fraction of sp³-hybridized carbons (Fsp3) is 0.481. The summed E-state index contributed by atoms with van der Waals surface area (Å²) in [5.74, 6) is -1.15. The van der Waals surface area contributed by atoms with E-state index < -0.39 is 27.3 Å². The summed E-state index contributed by atoms with van der Waals surface area (Å²) in [6.45, 7) is 11.9. The monoisotopic (exact) mass is 551 g/mol. The third kappa shape index (κ3) is 9.27.